The van der Waals surface area contributed by atoms with Crippen LogP contribution in [0.4, 0.5) is 0 Å². The van der Waals surface area contributed by atoms with Gasteiger partial charge in [0.05, 0.1) is 22.3 Å². The summed E-state index contributed by atoms with van der Waals surface area (Å²) in [6, 6.07) is 0. The van der Waals surface area contributed by atoms with Crippen molar-refractivity contribution < 1.29 is 49.8 Å². The van der Waals surface area contributed by atoms with Gasteiger partial charge in [0.25, 0.3) is 0 Å². The number of allylic oxidation sites excluding steroid dienone is 4. The van der Waals surface area contributed by atoms with Crippen LogP contribution in [0.15, 0.2) is 45.1 Å². The first-order valence-corrected chi connectivity index (χ1v) is 10.3. The Hall–Kier alpha value is -3.64. The molecule has 0 aromatic carbocycles. The molecule has 2 aliphatic rings. The lowest BCUT2D eigenvalue weighted by atomic mass is 9.98. The highest BCUT2D eigenvalue weighted by atomic mass is 16.4. The van der Waals surface area contributed by atoms with E-state index in [0.717, 1.165) is 12.8 Å². The van der Waals surface area contributed by atoms with Gasteiger partial charge in [0, 0.05) is 48.8 Å². The summed E-state index contributed by atoms with van der Waals surface area (Å²) in [4.78, 5) is 42.9. The maximum atomic E-state index is 10.7. The van der Waals surface area contributed by atoms with Crippen LogP contribution in [0.5, 0.6) is 0 Å². The van der Waals surface area contributed by atoms with E-state index in [1.54, 1.807) is 27.7 Å². The van der Waals surface area contributed by atoms with Crippen LogP contribution in [0, 0.1) is 0 Å². The van der Waals surface area contributed by atoms with Crippen molar-refractivity contribution in [2.24, 2.45) is 0 Å². The molecule has 0 spiro atoms. The Kier molecular flexibility index (Phi) is 12.9. The lowest BCUT2D eigenvalue weighted by Gasteiger charge is -2.19. The van der Waals surface area contributed by atoms with Gasteiger partial charge in [0.15, 0.2) is 0 Å². The van der Waals surface area contributed by atoms with Gasteiger partial charge in [-0.15, -0.1) is 0 Å². The molecular weight excluding hydrogens is 452 g/mol. The van der Waals surface area contributed by atoms with Crippen molar-refractivity contribution >= 4 is 23.9 Å². The fraction of sp³-hybridized carbons (Fsp3) is 0.455. The molecule has 0 aromatic heterocycles. The lowest BCUT2D eigenvalue weighted by Crippen LogP contribution is -2.24. The van der Waals surface area contributed by atoms with E-state index in [0.29, 0.717) is 22.8 Å². The van der Waals surface area contributed by atoms with Gasteiger partial charge in [-0.1, -0.05) is 0 Å². The van der Waals surface area contributed by atoms with E-state index >= 15 is 0 Å². The Morgan fingerprint density at radius 3 is 0.912 bits per heavy atom. The Morgan fingerprint density at radius 2 is 0.765 bits per heavy atom. The van der Waals surface area contributed by atoms with E-state index in [1.165, 1.54) is 0 Å². The van der Waals surface area contributed by atoms with Gasteiger partial charge in [-0.05, 0) is 40.5 Å². The molecule has 2 heterocycles. The van der Waals surface area contributed by atoms with E-state index < -0.39 is 23.9 Å². The molecule has 0 radical (unpaired) electrons. The first-order valence-electron chi connectivity index (χ1n) is 10.3. The standard InChI is InChI=1S/2C9H11NO4.C4H10O2/c2*1-4-6(8(11)12)3-7(9(13)14)5(2)10-4;5-3-1-2-4-6/h2*10H,3H2,1-2H3,(H,11,12)(H,13,14);5-6H,1-4H2. The van der Waals surface area contributed by atoms with Crippen molar-refractivity contribution in [2.45, 2.75) is 53.4 Å². The number of carboxylic acid groups (broad SMARTS) is 4. The fourth-order valence-corrected chi connectivity index (χ4v) is 2.92. The molecule has 0 aromatic rings. The SMILES string of the molecule is CC1=C(C(=O)O)CC(C(=O)O)=C(C)N1.CC1=C(C(=O)O)CC(C(=O)O)=C(C)N1.OCCCCO. The van der Waals surface area contributed by atoms with E-state index in [4.69, 9.17) is 30.6 Å². The minimum Gasteiger partial charge on any atom is -0.478 e. The Bertz CT molecular complexity index is 797. The maximum absolute atomic E-state index is 10.7. The summed E-state index contributed by atoms with van der Waals surface area (Å²) >= 11 is 0. The summed E-state index contributed by atoms with van der Waals surface area (Å²) in [5, 5.41) is 56.8. The van der Waals surface area contributed by atoms with E-state index in [9.17, 15) is 19.2 Å². The number of aliphatic hydroxyl groups excluding tert-OH is 2. The molecule has 0 fully saturated rings. The second kappa shape index (κ2) is 14.5. The Morgan fingerprint density at radius 1 is 0.559 bits per heavy atom. The van der Waals surface area contributed by atoms with Crippen LogP contribution >= 0.6 is 0 Å². The van der Waals surface area contributed by atoms with Crippen LogP contribution in [-0.4, -0.2) is 67.7 Å². The summed E-state index contributed by atoms with van der Waals surface area (Å²) in [7, 11) is 0. The zero-order valence-electron chi connectivity index (χ0n) is 19.6. The summed E-state index contributed by atoms with van der Waals surface area (Å²) in [5.41, 5.74) is 2.42. The van der Waals surface area contributed by atoms with Crippen LogP contribution in [0.3, 0.4) is 0 Å². The minimum atomic E-state index is -1.08. The molecule has 0 atom stereocenters. The highest BCUT2D eigenvalue weighted by Gasteiger charge is 2.25. The van der Waals surface area contributed by atoms with Gasteiger partial charge in [0.1, 0.15) is 0 Å². The lowest BCUT2D eigenvalue weighted by molar-refractivity contribution is -0.135. The van der Waals surface area contributed by atoms with Gasteiger partial charge in [0.2, 0.25) is 0 Å². The zero-order valence-corrected chi connectivity index (χ0v) is 19.6. The molecule has 8 N–H and O–H groups in total. The summed E-state index contributed by atoms with van der Waals surface area (Å²) in [5.74, 6) is -4.33. The van der Waals surface area contributed by atoms with Crippen LogP contribution in [0.25, 0.3) is 0 Å². The number of rotatable bonds is 7. The Balaban J connectivity index is 0.000000521. The number of aliphatic carboxylic acids is 4. The van der Waals surface area contributed by atoms with Crippen molar-refractivity contribution in [3.8, 4) is 0 Å². The monoisotopic (exact) mass is 484 g/mol. The average molecular weight is 485 g/mol. The molecule has 2 rings (SSSR count). The third kappa shape index (κ3) is 9.46. The number of hydrogen-bond donors (Lipinski definition) is 8. The first kappa shape index (κ1) is 30.4. The predicted octanol–water partition coefficient (Wildman–Crippen LogP) is 1.15. The Labute approximate surface area is 196 Å². The van der Waals surface area contributed by atoms with Crippen molar-refractivity contribution in [3.05, 3.63) is 45.1 Å². The number of aliphatic hydroxyl groups is 2. The summed E-state index contributed by atoms with van der Waals surface area (Å²) in [6.07, 6.45) is 1.37. The summed E-state index contributed by atoms with van der Waals surface area (Å²) in [6.45, 7) is 6.86. The summed E-state index contributed by atoms with van der Waals surface area (Å²) < 4.78 is 0. The van der Waals surface area contributed by atoms with Crippen molar-refractivity contribution in [1.82, 2.24) is 10.6 Å². The first-order chi connectivity index (χ1) is 15.8. The molecule has 0 saturated heterocycles. The number of dihydropyridines is 2. The van der Waals surface area contributed by atoms with Gasteiger partial charge >= 0.3 is 23.9 Å². The number of unbranched alkanes of at least 4 members (excludes halogenated alkanes) is 1. The van der Waals surface area contributed by atoms with E-state index in [2.05, 4.69) is 10.6 Å². The molecule has 2 aliphatic heterocycles. The maximum Gasteiger partial charge on any atom is 0.333 e. The third-order valence-corrected chi connectivity index (χ3v) is 4.87. The van der Waals surface area contributed by atoms with Crippen LogP contribution in [-0.2, 0) is 19.2 Å². The van der Waals surface area contributed by atoms with Crippen LogP contribution in [0.1, 0.15) is 53.4 Å². The number of hydrogen-bond acceptors (Lipinski definition) is 8. The molecule has 0 amide bonds. The van der Waals surface area contributed by atoms with Crippen LogP contribution in [0.2, 0.25) is 0 Å². The topological polar surface area (TPSA) is 214 Å². The van der Waals surface area contributed by atoms with Gasteiger partial charge < -0.3 is 41.3 Å². The van der Waals surface area contributed by atoms with Crippen molar-refractivity contribution in [1.29, 1.82) is 0 Å². The normalized spacial score (nSPS) is 15.4. The zero-order chi connectivity index (χ0) is 26.6. The molecule has 0 aliphatic carbocycles. The quantitative estimate of drug-likeness (QED) is 0.239. The van der Waals surface area contributed by atoms with Gasteiger partial charge in [-0.2, -0.15) is 0 Å². The smallest absolute Gasteiger partial charge is 0.333 e. The highest BCUT2D eigenvalue weighted by molar-refractivity contribution is 5.95. The second-order valence-electron chi connectivity index (χ2n) is 7.39. The second-order valence-corrected chi connectivity index (χ2v) is 7.39. The molecule has 190 valence electrons. The fourth-order valence-electron chi connectivity index (χ4n) is 2.92. The molecular formula is C22H32N2O10. The minimum absolute atomic E-state index is 0.0324. The molecule has 0 unspecified atom stereocenters. The molecule has 0 saturated carbocycles. The van der Waals surface area contributed by atoms with E-state index in [-0.39, 0.29) is 48.3 Å². The van der Waals surface area contributed by atoms with Crippen LogP contribution < -0.4 is 10.6 Å². The third-order valence-electron chi connectivity index (χ3n) is 4.87. The number of carbonyl (C=O) groups is 4. The molecule has 0 bridgehead atoms. The average Bonchev–Trinajstić information content (AvgIpc) is 2.72. The van der Waals surface area contributed by atoms with Crippen molar-refractivity contribution in [2.75, 3.05) is 13.2 Å². The van der Waals surface area contributed by atoms with E-state index in [1.807, 2.05) is 0 Å². The highest BCUT2D eigenvalue weighted by Crippen LogP contribution is 2.23. The predicted molar refractivity (Wildman–Crippen MR) is 120 cm³/mol. The molecule has 12 heteroatoms. The van der Waals surface area contributed by atoms with Gasteiger partial charge in [-0.25, -0.2) is 19.2 Å². The molecule has 34 heavy (non-hydrogen) atoms. The number of carboxylic acids is 4. The number of nitrogens with one attached hydrogen (secondary N) is 2. The largest absolute Gasteiger partial charge is 0.478 e. The van der Waals surface area contributed by atoms with Gasteiger partial charge in [-0.3, -0.25) is 0 Å². The van der Waals surface area contributed by atoms with Crippen molar-refractivity contribution in [3.63, 3.8) is 0 Å². The molecule has 12 nitrogen and oxygen atoms in total.